The second-order valence-corrected chi connectivity index (χ2v) is 4.21. The Kier molecular flexibility index (Phi) is 3.26. The molecule has 0 bridgehead atoms. The van der Waals surface area contributed by atoms with Crippen molar-refractivity contribution in [3.8, 4) is 0 Å². The summed E-state index contributed by atoms with van der Waals surface area (Å²) in [6, 6.07) is 1.90. The number of rotatable bonds is 3. The van der Waals surface area contributed by atoms with Crippen molar-refractivity contribution in [2.24, 2.45) is 0 Å². The first-order valence-corrected chi connectivity index (χ1v) is 5.67. The number of aromatic nitrogens is 2. The smallest absolute Gasteiger partial charge is 0.145 e. The van der Waals surface area contributed by atoms with Crippen LogP contribution in [-0.2, 0) is 11.3 Å². The van der Waals surface area contributed by atoms with E-state index in [1.165, 1.54) is 19.3 Å². The van der Waals surface area contributed by atoms with Crippen LogP contribution in [0.25, 0.3) is 0 Å². The first-order chi connectivity index (χ1) is 7.25. The molecular weight excluding hydrogens is 190 g/mol. The lowest BCUT2D eigenvalue weighted by molar-refractivity contribution is 0.00821. The molecule has 0 amide bonds. The highest BCUT2D eigenvalue weighted by Crippen LogP contribution is 2.16. The fourth-order valence-electron chi connectivity index (χ4n) is 2.06. The minimum atomic E-state index is 0.420. The molecule has 0 radical (unpaired) electrons. The van der Waals surface area contributed by atoms with Gasteiger partial charge in [-0.05, 0) is 32.6 Å². The largest absolute Gasteiger partial charge is 0.382 e. The quantitative estimate of drug-likeness (QED) is 0.824. The highest BCUT2D eigenvalue weighted by Gasteiger charge is 2.14. The Bertz CT molecular complexity index is 316. The van der Waals surface area contributed by atoms with Crippen LogP contribution in [0, 0.1) is 6.92 Å². The number of nitrogens with two attached hydrogens (primary N) is 1. The molecule has 1 aromatic heterocycles. The van der Waals surface area contributed by atoms with E-state index in [1.54, 1.807) is 0 Å². The number of hydrogen-bond donors (Lipinski definition) is 1. The van der Waals surface area contributed by atoms with Gasteiger partial charge in [0.25, 0.3) is 0 Å². The maximum absolute atomic E-state index is 5.67. The minimum absolute atomic E-state index is 0.420. The van der Waals surface area contributed by atoms with E-state index in [4.69, 9.17) is 10.5 Å². The van der Waals surface area contributed by atoms with Crippen LogP contribution < -0.4 is 5.73 Å². The normalized spacial score (nSPS) is 21.8. The number of nitrogen functional groups attached to an aromatic ring is 1. The number of nitrogens with zero attached hydrogens (tertiary/aromatic N) is 2. The molecule has 4 nitrogen and oxygen atoms in total. The predicted octanol–water partition coefficient (Wildman–Crippen LogP) is 1.73. The zero-order chi connectivity index (χ0) is 10.7. The van der Waals surface area contributed by atoms with Crippen molar-refractivity contribution < 1.29 is 4.74 Å². The van der Waals surface area contributed by atoms with E-state index in [2.05, 4.69) is 5.10 Å². The van der Waals surface area contributed by atoms with Gasteiger partial charge in [0.05, 0.1) is 6.10 Å². The molecule has 0 spiro atoms. The fourth-order valence-corrected chi connectivity index (χ4v) is 2.06. The molecule has 1 atom stereocenters. The molecule has 1 aromatic rings. The molecule has 0 aromatic carbocycles. The Morgan fingerprint density at radius 3 is 3.07 bits per heavy atom. The molecule has 4 heteroatoms. The summed E-state index contributed by atoms with van der Waals surface area (Å²) in [6.45, 7) is 3.86. The van der Waals surface area contributed by atoms with Crippen molar-refractivity contribution in [2.75, 3.05) is 12.3 Å². The minimum Gasteiger partial charge on any atom is -0.382 e. The van der Waals surface area contributed by atoms with Crippen LogP contribution in [0.2, 0.25) is 0 Å². The molecule has 2 rings (SSSR count). The molecule has 84 valence electrons. The van der Waals surface area contributed by atoms with Crippen molar-refractivity contribution in [2.45, 2.75) is 45.3 Å². The molecule has 1 aliphatic rings. The Morgan fingerprint density at radius 2 is 2.47 bits per heavy atom. The van der Waals surface area contributed by atoms with Crippen molar-refractivity contribution in [3.63, 3.8) is 0 Å². The van der Waals surface area contributed by atoms with Gasteiger partial charge < -0.3 is 10.5 Å². The molecule has 1 aliphatic heterocycles. The summed E-state index contributed by atoms with van der Waals surface area (Å²) in [4.78, 5) is 0. The van der Waals surface area contributed by atoms with E-state index in [0.29, 0.717) is 11.9 Å². The van der Waals surface area contributed by atoms with E-state index in [0.717, 1.165) is 25.3 Å². The summed E-state index contributed by atoms with van der Waals surface area (Å²) in [5.41, 5.74) is 6.75. The molecule has 1 saturated heterocycles. The zero-order valence-corrected chi connectivity index (χ0v) is 9.28. The Balaban J connectivity index is 1.84. The van der Waals surface area contributed by atoms with Gasteiger partial charge in [-0.3, -0.25) is 4.68 Å². The first kappa shape index (κ1) is 10.5. The average Bonchev–Trinajstić information content (AvgIpc) is 2.56. The highest BCUT2D eigenvalue weighted by atomic mass is 16.5. The van der Waals surface area contributed by atoms with E-state index in [9.17, 15) is 0 Å². The van der Waals surface area contributed by atoms with Gasteiger partial charge in [0, 0.05) is 24.9 Å². The molecule has 1 fully saturated rings. The van der Waals surface area contributed by atoms with E-state index in [1.807, 2.05) is 17.7 Å². The SMILES string of the molecule is Cc1cc(N)nn1CCC1CCCCO1. The molecule has 2 heterocycles. The summed E-state index contributed by atoms with van der Waals surface area (Å²) in [5.74, 6) is 0.608. The third-order valence-corrected chi connectivity index (χ3v) is 2.94. The van der Waals surface area contributed by atoms with E-state index in [-0.39, 0.29) is 0 Å². The van der Waals surface area contributed by atoms with Gasteiger partial charge in [0.1, 0.15) is 5.82 Å². The van der Waals surface area contributed by atoms with Gasteiger partial charge in [0.2, 0.25) is 0 Å². The van der Waals surface area contributed by atoms with Crippen molar-refractivity contribution in [3.05, 3.63) is 11.8 Å². The fraction of sp³-hybridized carbons (Fsp3) is 0.727. The van der Waals surface area contributed by atoms with Crippen molar-refractivity contribution >= 4 is 5.82 Å². The number of aryl methyl sites for hydroxylation is 2. The van der Waals surface area contributed by atoms with Crippen LogP contribution in [0.3, 0.4) is 0 Å². The van der Waals surface area contributed by atoms with Crippen LogP contribution in [0.5, 0.6) is 0 Å². The van der Waals surface area contributed by atoms with Crippen molar-refractivity contribution in [1.82, 2.24) is 9.78 Å². The first-order valence-electron chi connectivity index (χ1n) is 5.67. The maximum atomic E-state index is 5.67. The summed E-state index contributed by atoms with van der Waals surface area (Å²) in [7, 11) is 0. The standard InChI is InChI=1S/C11H19N3O/c1-9-8-11(12)13-14(9)6-5-10-4-2-3-7-15-10/h8,10H,2-7H2,1H3,(H2,12,13). The van der Waals surface area contributed by atoms with Crippen LogP contribution in [0.1, 0.15) is 31.4 Å². The molecule has 15 heavy (non-hydrogen) atoms. The number of anilines is 1. The maximum Gasteiger partial charge on any atom is 0.145 e. The number of ether oxygens (including phenoxy) is 1. The third kappa shape index (κ3) is 2.72. The third-order valence-electron chi connectivity index (χ3n) is 2.94. The second-order valence-electron chi connectivity index (χ2n) is 4.21. The van der Waals surface area contributed by atoms with Gasteiger partial charge >= 0.3 is 0 Å². The van der Waals surface area contributed by atoms with Gasteiger partial charge in [-0.1, -0.05) is 0 Å². The number of hydrogen-bond acceptors (Lipinski definition) is 3. The lowest BCUT2D eigenvalue weighted by atomic mass is 10.1. The monoisotopic (exact) mass is 209 g/mol. The second kappa shape index (κ2) is 4.66. The Morgan fingerprint density at radius 1 is 1.60 bits per heavy atom. The predicted molar refractivity (Wildman–Crippen MR) is 59.6 cm³/mol. The van der Waals surface area contributed by atoms with E-state index < -0.39 is 0 Å². The van der Waals surface area contributed by atoms with Crippen molar-refractivity contribution in [1.29, 1.82) is 0 Å². The Labute approximate surface area is 90.4 Å². The summed E-state index contributed by atoms with van der Waals surface area (Å²) in [6.07, 6.45) is 5.16. The summed E-state index contributed by atoms with van der Waals surface area (Å²) in [5, 5.41) is 4.23. The van der Waals surface area contributed by atoms with Crippen LogP contribution in [0.4, 0.5) is 5.82 Å². The topological polar surface area (TPSA) is 53.1 Å². The van der Waals surface area contributed by atoms with Crippen LogP contribution in [-0.4, -0.2) is 22.5 Å². The summed E-state index contributed by atoms with van der Waals surface area (Å²) >= 11 is 0. The molecule has 0 saturated carbocycles. The molecule has 0 aliphatic carbocycles. The molecule has 2 N–H and O–H groups in total. The van der Waals surface area contributed by atoms with Gasteiger partial charge in [-0.2, -0.15) is 5.10 Å². The highest BCUT2D eigenvalue weighted by molar-refractivity contribution is 5.28. The Hall–Kier alpha value is -1.03. The lowest BCUT2D eigenvalue weighted by Crippen LogP contribution is -2.21. The van der Waals surface area contributed by atoms with Gasteiger partial charge in [0.15, 0.2) is 0 Å². The van der Waals surface area contributed by atoms with Gasteiger partial charge in [-0.15, -0.1) is 0 Å². The van der Waals surface area contributed by atoms with Crippen LogP contribution in [0.15, 0.2) is 6.07 Å². The molecule has 1 unspecified atom stereocenters. The van der Waals surface area contributed by atoms with E-state index >= 15 is 0 Å². The van der Waals surface area contributed by atoms with Gasteiger partial charge in [-0.25, -0.2) is 0 Å². The lowest BCUT2D eigenvalue weighted by Gasteiger charge is -2.22. The zero-order valence-electron chi connectivity index (χ0n) is 9.28. The van der Waals surface area contributed by atoms with Crippen LogP contribution >= 0.6 is 0 Å². The average molecular weight is 209 g/mol. The summed E-state index contributed by atoms with van der Waals surface area (Å²) < 4.78 is 7.64. The molecular formula is C11H19N3O.